The van der Waals surface area contributed by atoms with Gasteiger partial charge in [0.25, 0.3) is 0 Å². The van der Waals surface area contributed by atoms with Gasteiger partial charge in [0.2, 0.25) is 0 Å². The summed E-state index contributed by atoms with van der Waals surface area (Å²) >= 11 is 0. The molecule has 0 amide bonds. The third kappa shape index (κ3) is 8.77. The SMILES string of the molecule is CC(C)(CCCCOCCCOC1CC1)O[SiH3]. The maximum Gasteiger partial charge on any atom is 0.146 e. The zero-order valence-corrected chi connectivity index (χ0v) is 13.7. The Morgan fingerprint density at radius 1 is 1.06 bits per heavy atom. The van der Waals surface area contributed by atoms with Crippen molar-refractivity contribution in [1.29, 1.82) is 0 Å². The summed E-state index contributed by atoms with van der Waals surface area (Å²) in [5.41, 5.74) is 0.0737. The largest absolute Gasteiger partial charge is 0.423 e. The minimum atomic E-state index is 0.0737. The molecule has 0 aromatic carbocycles. The quantitative estimate of drug-likeness (QED) is 0.419. The Kier molecular flexibility index (Phi) is 7.35. The van der Waals surface area contributed by atoms with E-state index in [2.05, 4.69) is 13.8 Å². The van der Waals surface area contributed by atoms with E-state index in [-0.39, 0.29) is 5.60 Å². The van der Waals surface area contributed by atoms with E-state index in [0.717, 1.165) is 49.6 Å². The molecule has 0 aromatic rings. The van der Waals surface area contributed by atoms with Gasteiger partial charge in [0.05, 0.1) is 6.10 Å². The van der Waals surface area contributed by atoms with E-state index in [1.807, 2.05) is 0 Å². The molecule has 102 valence electrons. The van der Waals surface area contributed by atoms with E-state index in [1.54, 1.807) is 0 Å². The number of hydrogen-bond acceptors (Lipinski definition) is 3. The van der Waals surface area contributed by atoms with Gasteiger partial charge in [0, 0.05) is 25.4 Å². The highest BCUT2D eigenvalue weighted by molar-refractivity contribution is 5.98. The predicted octanol–water partition coefficient (Wildman–Crippen LogP) is 1.82. The predicted molar refractivity (Wildman–Crippen MR) is 73.4 cm³/mol. The Morgan fingerprint density at radius 3 is 2.41 bits per heavy atom. The van der Waals surface area contributed by atoms with E-state index >= 15 is 0 Å². The second-order valence-corrected chi connectivity index (χ2v) is 5.87. The van der Waals surface area contributed by atoms with Crippen LogP contribution in [0.1, 0.15) is 52.4 Å². The molecule has 4 heteroatoms. The molecule has 0 aliphatic heterocycles. The van der Waals surface area contributed by atoms with Crippen LogP contribution in [0.4, 0.5) is 0 Å². The maximum atomic E-state index is 5.57. The average Bonchev–Trinajstić information content (AvgIpc) is 3.11. The Morgan fingerprint density at radius 2 is 1.76 bits per heavy atom. The van der Waals surface area contributed by atoms with Crippen LogP contribution in [-0.2, 0) is 13.9 Å². The molecule has 1 aliphatic rings. The van der Waals surface area contributed by atoms with Crippen LogP contribution in [0.15, 0.2) is 0 Å². The first kappa shape index (κ1) is 15.2. The molecule has 0 radical (unpaired) electrons. The third-order valence-electron chi connectivity index (χ3n) is 3.18. The van der Waals surface area contributed by atoms with Crippen LogP contribution < -0.4 is 0 Å². The zero-order chi connectivity index (χ0) is 12.6. The van der Waals surface area contributed by atoms with Crippen LogP contribution in [0.2, 0.25) is 0 Å². The normalized spacial score (nSPS) is 16.6. The molecule has 17 heavy (non-hydrogen) atoms. The van der Waals surface area contributed by atoms with Crippen LogP contribution in [-0.4, -0.2) is 42.0 Å². The lowest BCUT2D eigenvalue weighted by atomic mass is 10.0. The Balaban J connectivity index is 1.74. The summed E-state index contributed by atoms with van der Waals surface area (Å²) in [6, 6.07) is 0. The van der Waals surface area contributed by atoms with Crippen LogP contribution in [0.25, 0.3) is 0 Å². The van der Waals surface area contributed by atoms with Gasteiger partial charge in [-0.25, -0.2) is 0 Å². The molecule has 0 unspecified atom stereocenters. The molecule has 3 nitrogen and oxygen atoms in total. The first-order chi connectivity index (χ1) is 8.14. The minimum Gasteiger partial charge on any atom is -0.423 e. The lowest BCUT2D eigenvalue weighted by Crippen LogP contribution is -2.22. The summed E-state index contributed by atoms with van der Waals surface area (Å²) in [6.45, 7) is 6.91. The van der Waals surface area contributed by atoms with Crippen LogP contribution in [0, 0.1) is 0 Å². The molecule has 0 heterocycles. The highest BCUT2D eigenvalue weighted by Crippen LogP contribution is 2.23. The van der Waals surface area contributed by atoms with Crippen molar-refractivity contribution >= 4 is 10.5 Å². The molecule has 0 bridgehead atoms. The fourth-order valence-corrected chi connectivity index (χ4v) is 1.81. The summed E-state index contributed by atoms with van der Waals surface area (Å²) in [4.78, 5) is 0. The first-order valence-corrected chi connectivity index (χ1v) is 7.70. The Hall–Kier alpha value is 0.0969. The van der Waals surface area contributed by atoms with Crippen molar-refractivity contribution in [2.45, 2.75) is 64.1 Å². The van der Waals surface area contributed by atoms with Crippen molar-refractivity contribution in [2.75, 3.05) is 19.8 Å². The van der Waals surface area contributed by atoms with Crippen molar-refractivity contribution in [1.82, 2.24) is 0 Å². The number of unbranched alkanes of at least 4 members (excludes halogenated alkanes) is 1. The second-order valence-electron chi connectivity index (χ2n) is 5.46. The minimum absolute atomic E-state index is 0.0737. The van der Waals surface area contributed by atoms with Crippen LogP contribution >= 0.6 is 0 Å². The van der Waals surface area contributed by atoms with Gasteiger partial charge in [-0.2, -0.15) is 0 Å². The van der Waals surface area contributed by atoms with Gasteiger partial charge in [-0.15, -0.1) is 0 Å². The first-order valence-electron chi connectivity index (χ1n) is 6.88. The molecule has 1 rings (SSSR count). The summed E-state index contributed by atoms with van der Waals surface area (Å²) < 4.78 is 16.6. The molecule has 0 atom stereocenters. The van der Waals surface area contributed by atoms with Gasteiger partial charge in [0.1, 0.15) is 10.5 Å². The van der Waals surface area contributed by atoms with Gasteiger partial charge in [0.15, 0.2) is 0 Å². The lowest BCUT2D eigenvalue weighted by molar-refractivity contribution is 0.0696. The molecular formula is C13H28O3Si. The highest BCUT2D eigenvalue weighted by atomic mass is 28.2. The molecule has 0 aromatic heterocycles. The summed E-state index contributed by atoms with van der Waals surface area (Å²) in [5.74, 6) is 0. The Labute approximate surface area is 109 Å². The fraction of sp³-hybridized carbons (Fsp3) is 1.00. The summed E-state index contributed by atoms with van der Waals surface area (Å²) in [6.07, 6.45) is 7.59. The standard InChI is InChI=1S/C13H28O3Si/c1-13(2,16-17)8-3-4-9-14-10-5-11-15-12-6-7-12/h12H,3-11H2,1-2,17H3. The topological polar surface area (TPSA) is 27.7 Å². The van der Waals surface area contributed by atoms with Crippen molar-refractivity contribution in [2.24, 2.45) is 0 Å². The number of rotatable bonds is 11. The smallest absolute Gasteiger partial charge is 0.146 e. The van der Waals surface area contributed by atoms with Crippen molar-refractivity contribution in [3.05, 3.63) is 0 Å². The maximum absolute atomic E-state index is 5.57. The molecule has 0 N–H and O–H groups in total. The summed E-state index contributed by atoms with van der Waals surface area (Å²) in [5, 5.41) is 0. The van der Waals surface area contributed by atoms with E-state index in [4.69, 9.17) is 13.9 Å². The molecular weight excluding hydrogens is 232 g/mol. The summed E-state index contributed by atoms with van der Waals surface area (Å²) in [7, 11) is 0.826. The lowest BCUT2D eigenvalue weighted by Gasteiger charge is -2.23. The van der Waals surface area contributed by atoms with Gasteiger partial charge in [-0.3, -0.25) is 0 Å². The average molecular weight is 260 g/mol. The van der Waals surface area contributed by atoms with E-state index in [1.165, 1.54) is 19.3 Å². The molecule has 1 aliphatic carbocycles. The monoisotopic (exact) mass is 260 g/mol. The number of ether oxygens (including phenoxy) is 2. The van der Waals surface area contributed by atoms with Crippen LogP contribution in [0.5, 0.6) is 0 Å². The van der Waals surface area contributed by atoms with Crippen molar-refractivity contribution in [3.8, 4) is 0 Å². The molecule has 1 fully saturated rings. The number of hydrogen-bond donors (Lipinski definition) is 0. The van der Waals surface area contributed by atoms with Gasteiger partial charge < -0.3 is 13.9 Å². The van der Waals surface area contributed by atoms with E-state index in [9.17, 15) is 0 Å². The van der Waals surface area contributed by atoms with Crippen LogP contribution in [0.3, 0.4) is 0 Å². The molecule has 1 saturated carbocycles. The zero-order valence-electron chi connectivity index (χ0n) is 11.7. The fourth-order valence-electron chi connectivity index (χ4n) is 1.60. The van der Waals surface area contributed by atoms with Gasteiger partial charge >= 0.3 is 0 Å². The Bertz CT molecular complexity index is 193. The van der Waals surface area contributed by atoms with Gasteiger partial charge in [-0.05, 0) is 52.4 Å². The van der Waals surface area contributed by atoms with Gasteiger partial charge in [-0.1, -0.05) is 0 Å². The molecule has 0 spiro atoms. The van der Waals surface area contributed by atoms with Crippen molar-refractivity contribution in [3.63, 3.8) is 0 Å². The van der Waals surface area contributed by atoms with Crippen molar-refractivity contribution < 1.29 is 13.9 Å². The van der Waals surface area contributed by atoms with E-state index in [0.29, 0.717) is 6.10 Å². The van der Waals surface area contributed by atoms with E-state index < -0.39 is 0 Å². The highest BCUT2D eigenvalue weighted by Gasteiger charge is 2.21. The molecule has 0 saturated heterocycles. The third-order valence-corrected chi connectivity index (χ3v) is 4.29. The second kappa shape index (κ2) is 8.24.